The lowest BCUT2D eigenvalue weighted by Crippen LogP contribution is -2.00. The van der Waals surface area contributed by atoms with Gasteiger partial charge in [-0.3, -0.25) is 4.79 Å². The molecule has 0 saturated heterocycles. The molecule has 4 nitrogen and oxygen atoms in total. The Labute approximate surface area is 123 Å². The van der Waals surface area contributed by atoms with Crippen LogP contribution in [0.5, 0.6) is 0 Å². The van der Waals surface area contributed by atoms with Crippen molar-refractivity contribution in [3.05, 3.63) is 58.9 Å². The van der Waals surface area contributed by atoms with E-state index in [1.165, 1.54) is 0 Å². The normalized spacial score (nSPS) is 14.6. The van der Waals surface area contributed by atoms with Gasteiger partial charge in [-0.05, 0) is 42.5 Å². The van der Waals surface area contributed by atoms with Gasteiger partial charge in [0.15, 0.2) is 5.78 Å². The minimum absolute atomic E-state index is 0.238. The van der Waals surface area contributed by atoms with Gasteiger partial charge in [0.2, 0.25) is 0 Å². The lowest BCUT2D eigenvalue weighted by Gasteiger charge is -2.04. The first-order valence-corrected chi connectivity index (χ1v) is 7.17. The Balaban J connectivity index is 1.81. The Morgan fingerprint density at radius 2 is 1.81 bits per heavy atom. The molecule has 1 N–H and O–H groups in total. The van der Waals surface area contributed by atoms with Gasteiger partial charge in [-0.1, -0.05) is 12.1 Å². The number of aryl methyl sites for hydroxylation is 1. The minimum Gasteiger partial charge on any atom is -0.478 e. The smallest absolute Gasteiger partial charge is 0.335 e. The summed E-state index contributed by atoms with van der Waals surface area (Å²) < 4.78 is 2.02. The first kappa shape index (κ1) is 13.6. The molecule has 1 aliphatic carbocycles. The number of aromatic nitrogens is 1. The zero-order valence-electron chi connectivity index (χ0n) is 11.7. The number of carbonyl (C=O) groups excluding carboxylic acids is 1. The number of hydrogen-bond acceptors (Lipinski definition) is 2. The first-order chi connectivity index (χ1) is 10.1. The summed E-state index contributed by atoms with van der Waals surface area (Å²) in [6, 6.07) is 6.85. The Morgan fingerprint density at radius 3 is 2.52 bits per heavy atom. The van der Waals surface area contributed by atoms with Crippen LogP contribution in [0.1, 0.15) is 51.1 Å². The highest BCUT2D eigenvalue weighted by Crippen LogP contribution is 2.22. The Kier molecular flexibility index (Phi) is 3.60. The predicted octanol–water partition coefficient (Wildman–Crippen LogP) is 3.14. The quantitative estimate of drug-likeness (QED) is 0.880. The van der Waals surface area contributed by atoms with E-state index < -0.39 is 5.97 Å². The van der Waals surface area contributed by atoms with E-state index in [0.29, 0.717) is 13.0 Å². The fourth-order valence-electron chi connectivity index (χ4n) is 2.80. The highest BCUT2D eigenvalue weighted by Gasteiger charge is 2.17. The van der Waals surface area contributed by atoms with E-state index in [4.69, 9.17) is 5.11 Å². The molecule has 108 valence electrons. The number of carboxylic acids is 1. The molecule has 2 aromatic rings. The van der Waals surface area contributed by atoms with Crippen LogP contribution in [0.15, 0.2) is 36.7 Å². The Hall–Kier alpha value is -2.36. The second-order valence-electron chi connectivity index (χ2n) is 5.50. The number of fused-ring (bicyclic) bond motifs is 1. The number of aromatic carboxylic acids is 1. The summed E-state index contributed by atoms with van der Waals surface area (Å²) in [5.74, 6) is -0.678. The molecule has 0 saturated carbocycles. The summed E-state index contributed by atoms with van der Waals surface area (Å²) >= 11 is 0. The van der Waals surface area contributed by atoms with Crippen molar-refractivity contribution in [1.82, 2.24) is 4.57 Å². The summed E-state index contributed by atoms with van der Waals surface area (Å²) in [6.45, 7) is 0.653. The zero-order valence-corrected chi connectivity index (χ0v) is 11.7. The monoisotopic (exact) mass is 283 g/mol. The summed E-state index contributed by atoms with van der Waals surface area (Å²) in [5.41, 5.74) is 3.31. The van der Waals surface area contributed by atoms with Crippen molar-refractivity contribution in [2.45, 2.75) is 32.2 Å². The molecule has 1 aromatic heterocycles. The minimum atomic E-state index is -0.917. The van der Waals surface area contributed by atoms with Crippen molar-refractivity contribution in [1.29, 1.82) is 0 Å². The van der Waals surface area contributed by atoms with Crippen LogP contribution in [0.4, 0.5) is 0 Å². The molecule has 1 aliphatic rings. The first-order valence-electron chi connectivity index (χ1n) is 7.17. The van der Waals surface area contributed by atoms with E-state index in [9.17, 15) is 9.59 Å². The van der Waals surface area contributed by atoms with Gasteiger partial charge in [-0.2, -0.15) is 0 Å². The maximum Gasteiger partial charge on any atom is 0.335 e. The summed E-state index contributed by atoms with van der Waals surface area (Å²) in [6.07, 6.45) is 7.62. The van der Waals surface area contributed by atoms with E-state index in [-0.39, 0.29) is 11.3 Å². The molecule has 0 amide bonds. The van der Waals surface area contributed by atoms with Crippen molar-refractivity contribution < 1.29 is 14.7 Å². The number of ketones is 1. The fourth-order valence-corrected chi connectivity index (χ4v) is 2.80. The van der Waals surface area contributed by atoms with Gasteiger partial charge >= 0.3 is 5.97 Å². The van der Waals surface area contributed by atoms with Crippen LogP contribution in [0.3, 0.4) is 0 Å². The van der Waals surface area contributed by atoms with Crippen LogP contribution < -0.4 is 0 Å². The number of nitrogens with zero attached hydrogens (tertiary/aromatic N) is 1. The average Bonchev–Trinajstić information content (AvgIpc) is 2.79. The molecule has 0 bridgehead atoms. The Morgan fingerprint density at radius 1 is 1.10 bits per heavy atom. The predicted molar refractivity (Wildman–Crippen MR) is 78.8 cm³/mol. The van der Waals surface area contributed by atoms with E-state index in [1.807, 2.05) is 29.1 Å². The summed E-state index contributed by atoms with van der Waals surface area (Å²) in [5, 5.41) is 8.89. The van der Waals surface area contributed by atoms with Crippen LogP contribution >= 0.6 is 0 Å². The van der Waals surface area contributed by atoms with Crippen LogP contribution in [-0.2, 0) is 13.0 Å². The van der Waals surface area contributed by atoms with Crippen LogP contribution in [-0.4, -0.2) is 21.4 Å². The topological polar surface area (TPSA) is 59.3 Å². The fraction of sp³-hybridized carbons (Fsp3) is 0.294. The molecule has 0 spiro atoms. The van der Waals surface area contributed by atoms with Crippen molar-refractivity contribution >= 4 is 11.8 Å². The number of carboxylic acid groups (broad SMARTS) is 1. The third-order valence-electron chi connectivity index (χ3n) is 3.93. The van der Waals surface area contributed by atoms with Gasteiger partial charge in [0, 0.05) is 30.9 Å². The van der Waals surface area contributed by atoms with Gasteiger partial charge in [-0.15, -0.1) is 0 Å². The Bertz CT molecular complexity index is 683. The summed E-state index contributed by atoms with van der Waals surface area (Å²) in [4.78, 5) is 22.8. The van der Waals surface area contributed by atoms with Crippen molar-refractivity contribution in [3.8, 4) is 0 Å². The zero-order chi connectivity index (χ0) is 14.8. The molecule has 1 aromatic carbocycles. The highest BCUT2D eigenvalue weighted by molar-refractivity contribution is 5.97. The molecular weight excluding hydrogens is 266 g/mol. The third kappa shape index (κ3) is 2.89. The second kappa shape index (κ2) is 5.56. The second-order valence-corrected chi connectivity index (χ2v) is 5.50. The van der Waals surface area contributed by atoms with E-state index in [1.54, 1.807) is 12.1 Å². The number of benzene rings is 1. The maximum absolute atomic E-state index is 12.0. The van der Waals surface area contributed by atoms with E-state index in [2.05, 4.69) is 0 Å². The largest absolute Gasteiger partial charge is 0.478 e. The van der Waals surface area contributed by atoms with E-state index >= 15 is 0 Å². The third-order valence-corrected chi connectivity index (χ3v) is 3.93. The molecule has 0 aliphatic heterocycles. The maximum atomic E-state index is 12.0. The molecular formula is C17H17NO3. The van der Waals surface area contributed by atoms with Gasteiger partial charge < -0.3 is 9.67 Å². The molecule has 0 radical (unpaired) electrons. The number of rotatable bonds is 3. The number of carbonyl (C=O) groups is 2. The molecule has 4 heteroatoms. The average molecular weight is 283 g/mol. The standard InChI is InChI=1S/C17H17NO3/c19-16-4-2-1-3-14-10-18(11-15(14)16)9-12-5-7-13(8-6-12)17(20)21/h5-8,10-11H,1-4,9H2,(H,20,21). The van der Waals surface area contributed by atoms with Crippen molar-refractivity contribution in [3.63, 3.8) is 0 Å². The summed E-state index contributed by atoms with van der Waals surface area (Å²) in [7, 11) is 0. The highest BCUT2D eigenvalue weighted by atomic mass is 16.4. The van der Waals surface area contributed by atoms with Crippen molar-refractivity contribution in [2.75, 3.05) is 0 Å². The van der Waals surface area contributed by atoms with Crippen LogP contribution in [0.25, 0.3) is 0 Å². The molecule has 0 atom stereocenters. The lowest BCUT2D eigenvalue weighted by atomic mass is 10.1. The molecule has 0 unspecified atom stereocenters. The molecule has 3 rings (SSSR count). The van der Waals surface area contributed by atoms with Crippen LogP contribution in [0.2, 0.25) is 0 Å². The van der Waals surface area contributed by atoms with Gasteiger partial charge in [0.1, 0.15) is 0 Å². The van der Waals surface area contributed by atoms with Gasteiger partial charge in [0.05, 0.1) is 5.56 Å². The van der Waals surface area contributed by atoms with Gasteiger partial charge in [0.25, 0.3) is 0 Å². The van der Waals surface area contributed by atoms with Crippen molar-refractivity contribution in [2.24, 2.45) is 0 Å². The molecule has 1 heterocycles. The van der Waals surface area contributed by atoms with E-state index in [0.717, 1.165) is 36.0 Å². The number of Topliss-reactive ketones (excluding diaryl/α,β-unsaturated/α-hetero) is 1. The molecule has 21 heavy (non-hydrogen) atoms. The van der Waals surface area contributed by atoms with Crippen LogP contribution in [0, 0.1) is 0 Å². The molecule has 0 fully saturated rings. The van der Waals surface area contributed by atoms with Gasteiger partial charge in [-0.25, -0.2) is 4.79 Å². The SMILES string of the molecule is O=C(O)c1ccc(Cn2cc3c(c2)C(=O)CCCC3)cc1. The number of hydrogen-bond donors (Lipinski definition) is 1. The lowest BCUT2D eigenvalue weighted by molar-refractivity contribution is 0.0696.